The summed E-state index contributed by atoms with van der Waals surface area (Å²) in [4.78, 5) is 25.9. The molecule has 1 amide bonds. The number of nitrogens with one attached hydrogen (secondary N) is 2. The van der Waals surface area contributed by atoms with E-state index >= 15 is 0 Å². The number of rotatable bonds is 5. The summed E-state index contributed by atoms with van der Waals surface area (Å²) in [5, 5.41) is 2.87. The first-order valence-electron chi connectivity index (χ1n) is 5.67. The summed E-state index contributed by atoms with van der Waals surface area (Å²) in [5.74, 6) is -0.290. The Morgan fingerprint density at radius 3 is 2.81 bits per heavy atom. The Kier molecular flexibility index (Phi) is 4.76. The van der Waals surface area contributed by atoms with Crippen LogP contribution in [0.15, 0.2) is 23.3 Å². The first-order valence-corrected chi connectivity index (χ1v) is 5.67. The molecule has 0 saturated carbocycles. The summed E-state index contributed by atoms with van der Waals surface area (Å²) >= 11 is 0. The van der Waals surface area contributed by atoms with Gasteiger partial charge in [-0.05, 0) is 12.8 Å². The third kappa shape index (κ3) is 3.22. The van der Waals surface area contributed by atoms with Crippen LogP contribution in [0.4, 0.5) is 0 Å². The number of H-pyrrole nitrogens is 1. The highest BCUT2D eigenvalue weighted by Gasteiger charge is 2.13. The third-order valence-corrected chi connectivity index (χ3v) is 2.53. The monoisotopic (exact) mass is 222 g/mol. The van der Waals surface area contributed by atoms with Crippen LogP contribution in [0.5, 0.6) is 0 Å². The van der Waals surface area contributed by atoms with Crippen molar-refractivity contribution >= 4 is 5.91 Å². The zero-order chi connectivity index (χ0) is 12.0. The van der Waals surface area contributed by atoms with E-state index in [-0.39, 0.29) is 22.9 Å². The van der Waals surface area contributed by atoms with Crippen LogP contribution in [-0.2, 0) is 0 Å². The minimum Gasteiger partial charge on any atom is -0.367 e. The van der Waals surface area contributed by atoms with E-state index < -0.39 is 0 Å². The van der Waals surface area contributed by atoms with E-state index in [1.165, 1.54) is 18.5 Å². The fourth-order valence-electron chi connectivity index (χ4n) is 1.58. The van der Waals surface area contributed by atoms with Crippen molar-refractivity contribution in [2.45, 2.75) is 39.2 Å². The Bertz CT molecular complexity index is 398. The topological polar surface area (TPSA) is 62.0 Å². The number of aromatic amines is 1. The van der Waals surface area contributed by atoms with Crippen LogP contribution in [0, 0.1) is 0 Å². The SMILES string of the molecule is CCCC(CC)NC(=O)c1c[nH]ccc1=O. The normalized spacial score (nSPS) is 12.1. The lowest BCUT2D eigenvalue weighted by atomic mass is 10.1. The summed E-state index contributed by atoms with van der Waals surface area (Å²) in [5.41, 5.74) is -0.0698. The molecular formula is C12H18N2O2. The molecule has 0 fully saturated rings. The van der Waals surface area contributed by atoms with Gasteiger partial charge in [-0.1, -0.05) is 20.3 Å². The Morgan fingerprint density at radius 2 is 2.25 bits per heavy atom. The Labute approximate surface area is 95.1 Å². The van der Waals surface area contributed by atoms with E-state index in [1.54, 1.807) is 0 Å². The van der Waals surface area contributed by atoms with Crippen LogP contribution < -0.4 is 10.7 Å². The van der Waals surface area contributed by atoms with Gasteiger partial charge in [0.25, 0.3) is 5.91 Å². The molecule has 88 valence electrons. The van der Waals surface area contributed by atoms with E-state index in [0.717, 1.165) is 19.3 Å². The predicted molar refractivity (Wildman–Crippen MR) is 63.5 cm³/mol. The standard InChI is InChI=1S/C12H18N2O2/c1-3-5-9(4-2)14-12(16)10-8-13-7-6-11(10)15/h6-9H,3-5H2,1-2H3,(H,13,15)(H,14,16). The highest BCUT2D eigenvalue weighted by Crippen LogP contribution is 2.02. The molecule has 1 heterocycles. The molecule has 1 aromatic rings. The number of hydrogen-bond acceptors (Lipinski definition) is 2. The van der Waals surface area contributed by atoms with E-state index in [0.29, 0.717) is 0 Å². The molecule has 0 aromatic carbocycles. The van der Waals surface area contributed by atoms with Gasteiger partial charge in [-0.3, -0.25) is 9.59 Å². The first-order chi connectivity index (χ1) is 7.69. The van der Waals surface area contributed by atoms with Gasteiger partial charge in [0, 0.05) is 24.5 Å². The van der Waals surface area contributed by atoms with Crippen LogP contribution in [0.3, 0.4) is 0 Å². The lowest BCUT2D eigenvalue weighted by Gasteiger charge is -2.15. The van der Waals surface area contributed by atoms with Crippen molar-refractivity contribution in [2.24, 2.45) is 0 Å². The van der Waals surface area contributed by atoms with Crippen LogP contribution in [-0.4, -0.2) is 16.9 Å². The van der Waals surface area contributed by atoms with Gasteiger partial charge in [0.15, 0.2) is 5.43 Å². The molecule has 0 aliphatic rings. The van der Waals surface area contributed by atoms with Crippen molar-refractivity contribution in [1.82, 2.24) is 10.3 Å². The number of amides is 1. The minimum absolute atomic E-state index is 0.150. The highest BCUT2D eigenvalue weighted by atomic mass is 16.2. The molecule has 0 spiro atoms. The summed E-state index contributed by atoms with van der Waals surface area (Å²) in [7, 11) is 0. The van der Waals surface area contributed by atoms with E-state index in [9.17, 15) is 9.59 Å². The van der Waals surface area contributed by atoms with Crippen molar-refractivity contribution in [2.75, 3.05) is 0 Å². The van der Waals surface area contributed by atoms with Crippen molar-refractivity contribution in [3.63, 3.8) is 0 Å². The average Bonchev–Trinajstić information content (AvgIpc) is 2.28. The molecule has 0 bridgehead atoms. The molecule has 0 aliphatic carbocycles. The molecule has 4 heteroatoms. The smallest absolute Gasteiger partial charge is 0.256 e. The number of carbonyl (C=O) groups excluding carboxylic acids is 1. The minimum atomic E-state index is -0.290. The fourth-order valence-corrected chi connectivity index (χ4v) is 1.58. The molecule has 4 nitrogen and oxygen atoms in total. The van der Waals surface area contributed by atoms with Crippen LogP contribution in [0.1, 0.15) is 43.5 Å². The third-order valence-electron chi connectivity index (χ3n) is 2.53. The molecule has 1 atom stereocenters. The predicted octanol–water partition coefficient (Wildman–Crippen LogP) is 1.68. The highest BCUT2D eigenvalue weighted by molar-refractivity contribution is 5.93. The van der Waals surface area contributed by atoms with Crippen molar-refractivity contribution < 1.29 is 4.79 Å². The molecule has 1 rings (SSSR count). The lowest BCUT2D eigenvalue weighted by molar-refractivity contribution is 0.0932. The van der Waals surface area contributed by atoms with Gasteiger partial charge in [0.1, 0.15) is 5.56 Å². The number of aromatic nitrogens is 1. The molecule has 2 N–H and O–H groups in total. The maximum Gasteiger partial charge on any atom is 0.256 e. The maximum atomic E-state index is 11.8. The molecule has 1 unspecified atom stereocenters. The zero-order valence-corrected chi connectivity index (χ0v) is 9.75. The lowest BCUT2D eigenvalue weighted by Crippen LogP contribution is -2.36. The van der Waals surface area contributed by atoms with Crippen molar-refractivity contribution in [1.29, 1.82) is 0 Å². The summed E-state index contributed by atoms with van der Waals surface area (Å²) in [6.45, 7) is 4.10. The Balaban J connectivity index is 2.72. The maximum absolute atomic E-state index is 11.8. The molecule has 0 radical (unpaired) electrons. The number of carbonyl (C=O) groups is 1. The second-order valence-electron chi connectivity index (χ2n) is 3.79. The molecule has 0 saturated heterocycles. The van der Waals surface area contributed by atoms with Crippen molar-refractivity contribution in [3.05, 3.63) is 34.2 Å². The van der Waals surface area contributed by atoms with Crippen molar-refractivity contribution in [3.8, 4) is 0 Å². The fraction of sp³-hybridized carbons (Fsp3) is 0.500. The summed E-state index contributed by atoms with van der Waals surface area (Å²) in [6.07, 6.45) is 5.79. The van der Waals surface area contributed by atoms with E-state index in [2.05, 4.69) is 17.2 Å². The molecule has 1 aromatic heterocycles. The molecule has 0 aliphatic heterocycles. The second-order valence-corrected chi connectivity index (χ2v) is 3.79. The van der Waals surface area contributed by atoms with Crippen LogP contribution in [0.2, 0.25) is 0 Å². The van der Waals surface area contributed by atoms with E-state index in [1.807, 2.05) is 6.92 Å². The molecular weight excluding hydrogens is 204 g/mol. The molecule has 16 heavy (non-hydrogen) atoms. The first kappa shape index (κ1) is 12.5. The van der Waals surface area contributed by atoms with Gasteiger partial charge in [-0.2, -0.15) is 0 Å². The summed E-state index contributed by atoms with van der Waals surface area (Å²) < 4.78 is 0. The van der Waals surface area contributed by atoms with Gasteiger partial charge >= 0.3 is 0 Å². The average molecular weight is 222 g/mol. The van der Waals surface area contributed by atoms with Gasteiger partial charge in [-0.25, -0.2) is 0 Å². The van der Waals surface area contributed by atoms with Crippen LogP contribution >= 0.6 is 0 Å². The Hall–Kier alpha value is -1.58. The number of hydrogen-bond donors (Lipinski definition) is 2. The van der Waals surface area contributed by atoms with Gasteiger partial charge in [-0.15, -0.1) is 0 Å². The van der Waals surface area contributed by atoms with E-state index in [4.69, 9.17) is 0 Å². The van der Waals surface area contributed by atoms with Gasteiger partial charge < -0.3 is 10.3 Å². The second kappa shape index (κ2) is 6.10. The van der Waals surface area contributed by atoms with Gasteiger partial charge in [0.05, 0.1) is 0 Å². The quantitative estimate of drug-likeness (QED) is 0.796. The number of pyridine rings is 1. The summed E-state index contributed by atoms with van der Waals surface area (Å²) in [6, 6.07) is 1.51. The van der Waals surface area contributed by atoms with Crippen LogP contribution in [0.25, 0.3) is 0 Å². The largest absolute Gasteiger partial charge is 0.367 e. The zero-order valence-electron chi connectivity index (χ0n) is 9.75. The van der Waals surface area contributed by atoms with Gasteiger partial charge in [0.2, 0.25) is 0 Å². The Morgan fingerprint density at radius 1 is 1.50 bits per heavy atom.